The number of nitrogens with zero attached hydrogens (tertiary/aromatic N) is 3. The van der Waals surface area contributed by atoms with Crippen molar-refractivity contribution in [3.63, 3.8) is 0 Å². The number of amides is 1. The molecule has 3 aromatic heterocycles. The summed E-state index contributed by atoms with van der Waals surface area (Å²) in [6, 6.07) is 8.38. The zero-order valence-electron chi connectivity index (χ0n) is 13.8. The second kappa shape index (κ2) is 6.96. The molecular formula is C18H16N4O3. The normalized spacial score (nSPS) is 10.3. The lowest BCUT2D eigenvalue weighted by Crippen LogP contribution is -2.29. The van der Waals surface area contributed by atoms with E-state index in [0.717, 1.165) is 0 Å². The number of hydrogen-bond donors (Lipinski definition) is 1. The van der Waals surface area contributed by atoms with Gasteiger partial charge >= 0.3 is 0 Å². The van der Waals surface area contributed by atoms with Crippen LogP contribution in [0.5, 0.6) is 5.88 Å². The van der Waals surface area contributed by atoms with Crippen molar-refractivity contribution in [3.05, 3.63) is 76.6 Å². The molecule has 0 fully saturated rings. The van der Waals surface area contributed by atoms with Crippen LogP contribution >= 0.6 is 0 Å². The summed E-state index contributed by atoms with van der Waals surface area (Å²) < 4.78 is 6.39. The van der Waals surface area contributed by atoms with E-state index in [1.807, 2.05) is 0 Å². The molecule has 0 aliphatic heterocycles. The molecule has 0 saturated heterocycles. The molecule has 3 heterocycles. The van der Waals surface area contributed by atoms with E-state index in [1.165, 1.54) is 17.9 Å². The number of anilines is 1. The zero-order chi connectivity index (χ0) is 17.8. The van der Waals surface area contributed by atoms with Gasteiger partial charge in [0.2, 0.25) is 5.88 Å². The molecule has 7 heteroatoms. The first-order valence-electron chi connectivity index (χ1n) is 7.54. The second-order valence-corrected chi connectivity index (χ2v) is 5.30. The van der Waals surface area contributed by atoms with E-state index < -0.39 is 11.5 Å². The maximum absolute atomic E-state index is 12.8. The maximum Gasteiger partial charge on any atom is 0.268 e. The second-order valence-electron chi connectivity index (χ2n) is 5.30. The summed E-state index contributed by atoms with van der Waals surface area (Å²) in [6.45, 7) is 1.72. The highest BCUT2D eigenvalue weighted by Gasteiger charge is 2.17. The smallest absolute Gasteiger partial charge is 0.268 e. The average Bonchev–Trinajstić information content (AvgIpc) is 2.63. The van der Waals surface area contributed by atoms with Gasteiger partial charge in [-0.3, -0.25) is 19.1 Å². The summed E-state index contributed by atoms with van der Waals surface area (Å²) in [5.74, 6) is -0.0240. The third-order valence-corrected chi connectivity index (χ3v) is 3.67. The molecule has 25 heavy (non-hydrogen) atoms. The molecule has 1 amide bonds. The predicted molar refractivity (Wildman–Crippen MR) is 93.3 cm³/mol. The largest absolute Gasteiger partial charge is 0.481 e. The Kier molecular flexibility index (Phi) is 4.56. The van der Waals surface area contributed by atoms with Crippen LogP contribution in [0.3, 0.4) is 0 Å². The fourth-order valence-corrected chi connectivity index (χ4v) is 2.37. The summed E-state index contributed by atoms with van der Waals surface area (Å²) in [6.07, 6.45) is 6.26. The van der Waals surface area contributed by atoms with Crippen LogP contribution in [0.1, 0.15) is 15.9 Å². The number of carbonyl (C=O) groups is 1. The number of nitrogens with one attached hydrogen (secondary N) is 1. The third-order valence-electron chi connectivity index (χ3n) is 3.67. The van der Waals surface area contributed by atoms with Crippen molar-refractivity contribution in [3.8, 4) is 11.6 Å². The van der Waals surface area contributed by atoms with Crippen molar-refractivity contribution in [2.45, 2.75) is 6.92 Å². The Labute approximate surface area is 143 Å². The lowest BCUT2D eigenvalue weighted by Gasteiger charge is -2.11. The van der Waals surface area contributed by atoms with Gasteiger partial charge in [0.15, 0.2) is 0 Å². The van der Waals surface area contributed by atoms with Gasteiger partial charge in [0.05, 0.1) is 19.0 Å². The first kappa shape index (κ1) is 16.4. The average molecular weight is 336 g/mol. The number of aryl methyl sites for hydroxylation is 1. The van der Waals surface area contributed by atoms with Gasteiger partial charge in [-0.05, 0) is 36.8 Å². The van der Waals surface area contributed by atoms with Gasteiger partial charge in [0, 0.05) is 30.3 Å². The van der Waals surface area contributed by atoms with Gasteiger partial charge in [-0.25, -0.2) is 4.98 Å². The molecule has 0 atom stereocenters. The predicted octanol–water partition coefficient (Wildman–Crippen LogP) is 2.20. The number of methoxy groups -OCH3 is 1. The topological polar surface area (TPSA) is 86.1 Å². The van der Waals surface area contributed by atoms with Crippen LogP contribution < -0.4 is 15.6 Å². The van der Waals surface area contributed by atoms with Gasteiger partial charge in [0.1, 0.15) is 5.56 Å². The van der Waals surface area contributed by atoms with Crippen LogP contribution in [0.2, 0.25) is 0 Å². The van der Waals surface area contributed by atoms with Crippen molar-refractivity contribution < 1.29 is 9.53 Å². The van der Waals surface area contributed by atoms with Crippen LogP contribution in [0.4, 0.5) is 5.69 Å². The van der Waals surface area contributed by atoms with Crippen LogP contribution in [-0.4, -0.2) is 27.6 Å². The quantitative estimate of drug-likeness (QED) is 0.789. The highest BCUT2D eigenvalue weighted by Crippen LogP contribution is 2.12. The van der Waals surface area contributed by atoms with Crippen molar-refractivity contribution in [2.75, 3.05) is 12.4 Å². The highest BCUT2D eigenvalue weighted by molar-refractivity contribution is 6.05. The Bertz CT molecular complexity index is 950. The minimum absolute atomic E-state index is 0.0788. The van der Waals surface area contributed by atoms with E-state index in [9.17, 15) is 9.59 Å². The minimum atomic E-state index is -0.468. The summed E-state index contributed by atoms with van der Waals surface area (Å²) >= 11 is 0. The van der Waals surface area contributed by atoms with Crippen LogP contribution in [0.15, 0.2) is 59.9 Å². The molecule has 3 aromatic rings. The molecule has 0 aliphatic rings. The molecule has 0 aliphatic carbocycles. The monoisotopic (exact) mass is 336 g/mol. The molecule has 1 N–H and O–H groups in total. The summed E-state index contributed by atoms with van der Waals surface area (Å²) in [5.41, 5.74) is 1.37. The van der Waals surface area contributed by atoms with E-state index in [0.29, 0.717) is 22.8 Å². The Morgan fingerprint density at radius 2 is 1.92 bits per heavy atom. The molecule has 3 rings (SSSR count). The maximum atomic E-state index is 12.8. The first-order valence-corrected chi connectivity index (χ1v) is 7.54. The number of pyridine rings is 3. The molecule has 0 unspecified atom stereocenters. The molecule has 0 bridgehead atoms. The van der Waals surface area contributed by atoms with Crippen molar-refractivity contribution in [2.24, 2.45) is 0 Å². The van der Waals surface area contributed by atoms with Crippen LogP contribution in [0, 0.1) is 6.92 Å². The minimum Gasteiger partial charge on any atom is -0.481 e. The van der Waals surface area contributed by atoms with E-state index in [2.05, 4.69) is 15.3 Å². The van der Waals surface area contributed by atoms with Gasteiger partial charge < -0.3 is 10.1 Å². The lowest BCUT2D eigenvalue weighted by atomic mass is 10.1. The Balaban J connectivity index is 1.99. The molecule has 0 spiro atoms. The van der Waals surface area contributed by atoms with Gasteiger partial charge in [-0.1, -0.05) is 0 Å². The van der Waals surface area contributed by atoms with Crippen molar-refractivity contribution >= 4 is 11.6 Å². The molecular weight excluding hydrogens is 320 g/mol. The summed E-state index contributed by atoms with van der Waals surface area (Å²) in [7, 11) is 1.52. The Hall–Kier alpha value is -3.48. The lowest BCUT2D eigenvalue weighted by molar-refractivity contribution is 0.102. The van der Waals surface area contributed by atoms with Crippen LogP contribution in [-0.2, 0) is 0 Å². The Morgan fingerprint density at radius 3 is 2.56 bits per heavy atom. The number of aromatic nitrogens is 3. The van der Waals surface area contributed by atoms with Crippen molar-refractivity contribution in [1.29, 1.82) is 0 Å². The number of rotatable bonds is 4. The Morgan fingerprint density at radius 1 is 1.16 bits per heavy atom. The molecule has 126 valence electrons. The van der Waals surface area contributed by atoms with E-state index >= 15 is 0 Å². The number of ether oxygens (including phenoxy) is 1. The van der Waals surface area contributed by atoms with Crippen molar-refractivity contribution in [1.82, 2.24) is 14.5 Å². The number of hydrogen-bond acceptors (Lipinski definition) is 5. The molecule has 0 radical (unpaired) electrons. The van der Waals surface area contributed by atoms with Gasteiger partial charge in [0.25, 0.3) is 11.5 Å². The fraction of sp³-hybridized carbons (Fsp3) is 0.111. The first-order chi connectivity index (χ1) is 12.1. The van der Waals surface area contributed by atoms with Gasteiger partial charge in [-0.15, -0.1) is 0 Å². The highest BCUT2D eigenvalue weighted by atomic mass is 16.5. The molecule has 7 nitrogen and oxygen atoms in total. The molecule has 0 saturated carbocycles. The SMILES string of the molecule is COc1ccc(-n2ccc(C)c(C(=O)Nc3ccncc3)c2=O)cn1. The van der Waals surface area contributed by atoms with Crippen LogP contribution in [0.25, 0.3) is 5.69 Å². The van der Waals surface area contributed by atoms with E-state index in [4.69, 9.17) is 4.74 Å². The third kappa shape index (κ3) is 3.40. The standard InChI is InChI=1S/C18H16N4O3/c1-12-7-10-22(14-3-4-15(25-2)20-11-14)18(24)16(12)17(23)21-13-5-8-19-9-6-13/h3-11H,1-2H3,(H,19,21,23). The molecule has 0 aromatic carbocycles. The van der Waals surface area contributed by atoms with E-state index in [1.54, 1.807) is 55.8 Å². The van der Waals surface area contributed by atoms with E-state index in [-0.39, 0.29) is 5.56 Å². The zero-order valence-corrected chi connectivity index (χ0v) is 13.8. The summed E-state index contributed by atoms with van der Waals surface area (Å²) in [5, 5.41) is 2.71. The fourth-order valence-electron chi connectivity index (χ4n) is 2.37. The number of carbonyl (C=O) groups excluding carboxylic acids is 1. The summed E-state index contributed by atoms with van der Waals surface area (Å²) in [4.78, 5) is 33.4. The van der Waals surface area contributed by atoms with Gasteiger partial charge in [-0.2, -0.15) is 0 Å².